The van der Waals surface area contributed by atoms with Crippen molar-refractivity contribution in [3.8, 4) is 0 Å². The average Bonchev–Trinajstić information content (AvgIpc) is 3.30. The van der Waals surface area contributed by atoms with Crippen LogP contribution in [0.15, 0.2) is 42.6 Å². The van der Waals surface area contributed by atoms with Crippen molar-refractivity contribution in [1.82, 2.24) is 9.88 Å². The highest BCUT2D eigenvalue weighted by atomic mass is 16.4. The van der Waals surface area contributed by atoms with Gasteiger partial charge in [-0.1, -0.05) is 18.2 Å². The van der Waals surface area contributed by atoms with Gasteiger partial charge in [-0.05, 0) is 30.2 Å². The minimum atomic E-state index is -0.841. The van der Waals surface area contributed by atoms with Crippen LogP contribution in [0.2, 0.25) is 0 Å². The van der Waals surface area contributed by atoms with E-state index < -0.39 is 11.9 Å². The fourth-order valence-corrected chi connectivity index (χ4v) is 3.58. The van der Waals surface area contributed by atoms with Crippen LogP contribution < -0.4 is 10.2 Å². The van der Waals surface area contributed by atoms with E-state index >= 15 is 0 Å². The van der Waals surface area contributed by atoms with Crippen LogP contribution in [-0.4, -0.2) is 40.1 Å². The number of urea groups is 1. The molecular weight excluding hydrogens is 332 g/mol. The van der Waals surface area contributed by atoms with Crippen molar-refractivity contribution >= 4 is 23.5 Å². The fourth-order valence-electron chi connectivity index (χ4n) is 3.58. The number of nitrogens with one attached hydrogen (secondary N) is 1. The van der Waals surface area contributed by atoms with E-state index in [9.17, 15) is 9.59 Å². The third-order valence-corrected chi connectivity index (χ3v) is 5.02. The van der Waals surface area contributed by atoms with Gasteiger partial charge in [-0.25, -0.2) is 9.78 Å². The molecular formula is C19H20N4O3. The lowest BCUT2D eigenvalue weighted by atomic mass is 10.1. The lowest BCUT2D eigenvalue weighted by Crippen LogP contribution is -2.34. The zero-order valence-corrected chi connectivity index (χ0v) is 14.3. The topological polar surface area (TPSA) is 85.8 Å². The number of aliphatic carboxylic acids is 1. The predicted molar refractivity (Wildman–Crippen MR) is 96.9 cm³/mol. The van der Waals surface area contributed by atoms with E-state index in [0.29, 0.717) is 19.5 Å². The minimum absolute atomic E-state index is 0.238. The second kappa shape index (κ2) is 6.67. The number of benzene rings is 1. The molecule has 2 amide bonds. The van der Waals surface area contributed by atoms with Crippen molar-refractivity contribution in [1.29, 1.82) is 0 Å². The number of carboxylic acid groups (broad SMARTS) is 1. The number of hydrogen-bond donors (Lipinski definition) is 2. The number of carbonyl (C=O) groups is 2. The van der Waals surface area contributed by atoms with E-state index in [0.717, 1.165) is 23.6 Å². The first-order chi connectivity index (χ1) is 12.6. The second-order valence-corrected chi connectivity index (χ2v) is 6.69. The molecule has 1 fully saturated rings. The van der Waals surface area contributed by atoms with Crippen molar-refractivity contribution in [2.75, 3.05) is 23.3 Å². The van der Waals surface area contributed by atoms with Gasteiger partial charge in [0.25, 0.3) is 0 Å². The third kappa shape index (κ3) is 3.08. The highest BCUT2D eigenvalue weighted by Crippen LogP contribution is 2.32. The van der Waals surface area contributed by atoms with E-state index in [1.54, 1.807) is 11.1 Å². The van der Waals surface area contributed by atoms with Gasteiger partial charge in [0, 0.05) is 43.6 Å². The summed E-state index contributed by atoms with van der Waals surface area (Å²) < 4.78 is 0. The summed E-state index contributed by atoms with van der Waals surface area (Å²) in [6.45, 7) is 2.16. The summed E-state index contributed by atoms with van der Waals surface area (Å²) in [5.41, 5.74) is 3.03. The summed E-state index contributed by atoms with van der Waals surface area (Å²) in [5, 5.41) is 12.1. The maximum absolute atomic E-state index is 12.5. The molecule has 1 atom stereocenters. The number of amides is 2. The third-order valence-electron chi connectivity index (χ3n) is 5.02. The summed E-state index contributed by atoms with van der Waals surface area (Å²) in [6.07, 6.45) is 2.27. The highest BCUT2D eigenvalue weighted by Gasteiger charge is 2.31. The lowest BCUT2D eigenvalue weighted by molar-refractivity contribution is -0.141. The van der Waals surface area contributed by atoms with Crippen molar-refractivity contribution in [2.45, 2.75) is 19.5 Å². The van der Waals surface area contributed by atoms with Gasteiger partial charge in [-0.15, -0.1) is 0 Å². The highest BCUT2D eigenvalue weighted by molar-refractivity contribution is 5.91. The molecule has 0 aliphatic carbocycles. The standard InChI is InChI=1S/C19H20N4O3/c24-18(25)14-7-9-22(11-14)19(26)21-16-5-3-4-13-10-23(12-15(13)16)17-6-1-2-8-20-17/h1-6,8,14H,7,9-12H2,(H,21,26)(H,24,25). The molecule has 4 rings (SSSR count). The quantitative estimate of drug-likeness (QED) is 0.887. The Hall–Kier alpha value is -3.09. The average molecular weight is 352 g/mol. The molecule has 0 radical (unpaired) electrons. The summed E-state index contributed by atoms with van der Waals surface area (Å²) >= 11 is 0. The summed E-state index contributed by atoms with van der Waals surface area (Å²) in [7, 11) is 0. The number of anilines is 2. The number of fused-ring (bicyclic) bond motifs is 1. The maximum Gasteiger partial charge on any atom is 0.321 e. The molecule has 1 aromatic carbocycles. The summed E-state index contributed by atoms with van der Waals surface area (Å²) in [5.74, 6) is -0.404. The Labute approximate surface area is 151 Å². The molecule has 1 unspecified atom stereocenters. The van der Waals surface area contributed by atoms with E-state index in [-0.39, 0.29) is 12.6 Å². The molecule has 2 aromatic rings. The Bertz CT molecular complexity index is 840. The zero-order chi connectivity index (χ0) is 18.1. The first-order valence-electron chi connectivity index (χ1n) is 8.67. The van der Waals surface area contributed by atoms with Crippen LogP contribution in [0.5, 0.6) is 0 Å². The Morgan fingerprint density at radius 2 is 2.04 bits per heavy atom. The molecule has 0 saturated carbocycles. The van der Waals surface area contributed by atoms with Crippen LogP contribution in [0.4, 0.5) is 16.3 Å². The number of likely N-dealkylation sites (tertiary alicyclic amines) is 1. The Balaban J connectivity index is 1.48. The molecule has 26 heavy (non-hydrogen) atoms. The molecule has 2 aliphatic heterocycles. The molecule has 134 valence electrons. The smallest absolute Gasteiger partial charge is 0.321 e. The number of rotatable bonds is 3. The molecule has 7 heteroatoms. The number of pyridine rings is 1. The number of hydrogen-bond acceptors (Lipinski definition) is 4. The molecule has 1 aromatic heterocycles. The van der Waals surface area contributed by atoms with E-state index in [1.807, 2.05) is 30.3 Å². The number of aromatic nitrogens is 1. The van der Waals surface area contributed by atoms with Crippen LogP contribution in [-0.2, 0) is 17.9 Å². The fraction of sp³-hybridized carbons (Fsp3) is 0.316. The number of nitrogens with zero attached hydrogens (tertiary/aromatic N) is 3. The summed E-state index contributed by atoms with van der Waals surface area (Å²) in [4.78, 5) is 31.7. The molecule has 1 saturated heterocycles. The second-order valence-electron chi connectivity index (χ2n) is 6.69. The molecule has 2 aliphatic rings. The lowest BCUT2D eigenvalue weighted by Gasteiger charge is -2.19. The monoisotopic (exact) mass is 352 g/mol. The van der Waals surface area contributed by atoms with Crippen LogP contribution >= 0.6 is 0 Å². The zero-order valence-electron chi connectivity index (χ0n) is 14.3. The maximum atomic E-state index is 12.5. The molecule has 7 nitrogen and oxygen atoms in total. The predicted octanol–water partition coefficient (Wildman–Crippen LogP) is 2.54. The largest absolute Gasteiger partial charge is 0.481 e. The Kier molecular flexibility index (Phi) is 4.20. The molecule has 3 heterocycles. The van der Waals surface area contributed by atoms with Gasteiger partial charge in [-0.2, -0.15) is 0 Å². The van der Waals surface area contributed by atoms with Crippen molar-refractivity contribution < 1.29 is 14.7 Å². The number of carbonyl (C=O) groups excluding carboxylic acids is 1. The van der Waals surface area contributed by atoms with Gasteiger partial charge in [0.15, 0.2) is 0 Å². The molecule has 0 spiro atoms. The van der Waals surface area contributed by atoms with Gasteiger partial charge in [0.1, 0.15) is 5.82 Å². The first kappa shape index (κ1) is 16.4. The van der Waals surface area contributed by atoms with Crippen LogP contribution in [0.25, 0.3) is 0 Å². The van der Waals surface area contributed by atoms with Gasteiger partial charge in [0.2, 0.25) is 0 Å². The Morgan fingerprint density at radius 1 is 1.15 bits per heavy atom. The Morgan fingerprint density at radius 3 is 2.77 bits per heavy atom. The molecule has 2 N–H and O–H groups in total. The first-order valence-corrected chi connectivity index (χ1v) is 8.67. The van der Waals surface area contributed by atoms with Crippen LogP contribution in [0, 0.1) is 5.92 Å². The van der Waals surface area contributed by atoms with E-state index in [1.165, 1.54) is 5.56 Å². The SMILES string of the molecule is O=C(O)C1CCN(C(=O)Nc2cccc3c2CN(c2ccccn2)C3)C1. The van der Waals surface area contributed by atoms with Crippen molar-refractivity contribution in [3.63, 3.8) is 0 Å². The summed E-state index contributed by atoms with van der Waals surface area (Å²) in [6, 6.07) is 11.5. The van der Waals surface area contributed by atoms with Gasteiger partial charge >= 0.3 is 12.0 Å². The van der Waals surface area contributed by atoms with E-state index in [4.69, 9.17) is 5.11 Å². The minimum Gasteiger partial charge on any atom is -0.481 e. The molecule has 0 bridgehead atoms. The van der Waals surface area contributed by atoms with Crippen molar-refractivity contribution in [2.24, 2.45) is 5.92 Å². The van der Waals surface area contributed by atoms with Crippen LogP contribution in [0.3, 0.4) is 0 Å². The van der Waals surface area contributed by atoms with Gasteiger partial charge in [0.05, 0.1) is 5.92 Å². The van der Waals surface area contributed by atoms with Gasteiger partial charge in [-0.3, -0.25) is 4.79 Å². The van der Waals surface area contributed by atoms with Gasteiger partial charge < -0.3 is 20.2 Å². The normalized spacial score (nSPS) is 18.7. The number of carboxylic acids is 1. The van der Waals surface area contributed by atoms with Crippen LogP contribution in [0.1, 0.15) is 17.5 Å². The van der Waals surface area contributed by atoms with Crippen molar-refractivity contribution in [3.05, 3.63) is 53.7 Å². The van der Waals surface area contributed by atoms with E-state index in [2.05, 4.69) is 21.3 Å².